The van der Waals surface area contributed by atoms with Crippen LogP contribution in [0.5, 0.6) is 5.75 Å². The van der Waals surface area contributed by atoms with Crippen LogP contribution in [-0.2, 0) is 4.79 Å². The first kappa shape index (κ1) is 15.7. The number of aromatic nitrogens is 1. The molecule has 2 aromatic rings. The first-order valence-corrected chi connectivity index (χ1v) is 8.68. The molecule has 25 heavy (non-hydrogen) atoms. The van der Waals surface area contributed by atoms with Crippen LogP contribution in [0.2, 0.25) is 0 Å². The summed E-state index contributed by atoms with van der Waals surface area (Å²) in [5.41, 5.74) is 1.97. The number of amidine groups is 1. The fourth-order valence-electron chi connectivity index (χ4n) is 2.58. The minimum Gasteiger partial charge on any atom is -0.485 e. The van der Waals surface area contributed by atoms with E-state index in [0.29, 0.717) is 15.9 Å². The minimum atomic E-state index is -0.161. The second kappa shape index (κ2) is 6.57. The van der Waals surface area contributed by atoms with E-state index in [1.165, 1.54) is 11.8 Å². The van der Waals surface area contributed by atoms with Crippen LogP contribution < -0.4 is 10.1 Å². The van der Waals surface area contributed by atoms with Crippen molar-refractivity contribution in [3.05, 3.63) is 70.8 Å². The van der Waals surface area contributed by atoms with Gasteiger partial charge in [-0.15, -0.1) is 0 Å². The second-order valence-electron chi connectivity index (χ2n) is 5.61. The first-order valence-electron chi connectivity index (χ1n) is 7.87. The van der Waals surface area contributed by atoms with E-state index >= 15 is 0 Å². The highest BCUT2D eigenvalue weighted by Gasteiger charge is 2.26. The molecule has 4 rings (SSSR count). The summed E-state index contributed by atoms with van der Waals surface area (Å²) in [6, 6.07) is 13.3. The molecule has 0 saturated carbocycles. The Morgan fingerprint density at radius 2 is 2.08 bits per heavy atom. The van der Waals surface area contributed by atoms with Crippen LogP contribution in [0.4, 0.5) is 5.82 Å². The van der Waals surface area contributed by atoms with Crippen molar-refractivity contribution in [3.63, 3.8) is 0 Å². The highest BCUT2D eigenvalue weighted by atomic mass is 32.2. The largest absolute Gasteiger partial charge is 0.485 e. The molecule has 1 N–H and O–H groups in total. The number of pyridine rings is 1. The van der Waals surface area contributed by atoms with E-state index in [2.05, 4.69) is 21.4 Å². The van der Waals surface area contributed by atoms with Gasteiger partial charge in [0.25, 0.3) is 5.91 Å². The van der Waals surface area contributed by atoms with E-state index < -0.39 is 0 Å². The number of nitrogens with zero attached hydrogens (tertiary/aromatic N) is 2. The van der Waals surface area contributed by atoms with Crippen LogP contribution in [0.3, 0.4) is 0 Å². The molecule has 0 aliphatic carbocycles. The molecule has 1 atom stereocenters. The maximum absolute atomic E-state index is 12.2. The molecular formula is C19H15N3O2S. The van der Waals surface area contributed by atoms with Crippen molar-refractivity contribution in [2.75, 3.05) is 0 Å². The van der Waals surface area contributed by atoms with Gasteiger partial charge in [-0.25, -0.2) is 9.98 Å². The average Bonchev–Trinajstić information content (AvgIpc) is 2.95. The molecular weight excluding hydrogens is 334 g/mol. The zero-order valence-electron chi connectivity index (χ0n) is 13.5. The Kier molecular flexibility index (Phi) is 4.11. The van der Waals surface area contributed by atoms with Crippen LogP contribution in [-0.4, -0.2) is 22.2 Å². The summed E-state index contributed by atoms with van der Waals surface area (Å²) >= 11 is 1.30. The van der Waals surface area contributed by atoms with Gasteiger partial charge in [0.05, 0.1) is 4.91 Å². The third-order valence-corrected chi connectivity index (χ3v) is 4.74. The summed E-state index contributed by atoms with van der Waals surface area (Å²) in [6.45, 7) is 1.97. The summed E-state index contributed by atoms with van der Waals surface area (Å²) in [5, 5.41) is 3.30. The molecule has 0 radical (unpaired) electrons. The average molecular weight is 349 g/mol. The van der Waals surface area contributed by atoms with Gasteiger partial charge in [-0.1, -0.05) is 24.3 Å². The lowest BCUT2D eigenvalue weighted by Gasteiger charge is -2.22. The molecule has 2 aliphatic heterocycles. The number of para-hydroxylation sites is 1. The fourth-order valence-corrected chi connectivity index (χ4v) is 3.41. The van der Waals surface area contributed by atoms with Crippen LogP contribution >= 0.6 is 11.8 Å². The lowest BCUT2D eigenvalue weighted by molar-refractivity contribution is -0.115. The van der Waals surface area contributed by atoms with Crippen molar-refractivity contribution >= 4 is 34.7 Å². The Morgan fingerprint density at radius 3 is 2.92 bits per heavy atom. The summed E-state index contributed by atoms with van der Waals surface area (Å²) in [6.07, 6.45) is 5.47. The third-order valence-electron chi connectivity index (χ3n) is 3.83. The van der Waals surface area contributed by atoms with Crippen LogP contribution in [0.15, 0.2) is 70.2 Å². The maximum Gasteiger partial charge on any atom is 0.264 e. The van der Waals surface area contributed by atoms with E-state index in [1.807, 2.05) is 49.4 Å². The molecule has 0 spiro atoms. The Morgan fingerprint density at radius 1 is 1.24 bits per heavy atom. The van der Waals surface area contributed by atoms with Crippen molar-refractivity contribution < 1.29 is 9.53 Å². The van der Waals surface area contributed by atoms with E-state index in [0.717, 1.165) is 16.9 Å². The highest BCUT2D eigenvalue weighted by molar-refractivity contribution is 8.18. The number of amides is 1. The third kappa shape index (κ3) is 3.34. The molecule has 1 unspecified atom stereocenters. The van der Waals surface area contributed by atoms with E-state index in [4.69, 9.17) is 4.74 Å². The maximum atomic E-state index is 12.2. The Bertz CT molecular complexity index is 919. The topological polar surface area (TPSA) is 63.6 Å². The van der Waals surface area contributed by atoms with Gasteiger partial charge in [-0.05, 0) is 54.6 Å². The predicted octanol–water partition coefficient (Wildman–Crippen LogP) is 3.68. The first-order chi connectivity index (χ1) is 12.2. The summed E-state index contributed by atoms with van der Waals surface area (Å²) < 4.78 is 5.92. The molecule has 1 fully saturated rings. The Hall–Kier alpha value is -2.86. The summed E-state index contributed by atoms with van der Waals surface area (Å²) in [4.78, 5) is 21.3. The number of ether oxygens (including phenoxy) is 1. The number of benzene rings is 1. The highest BCUT2D eigenvalue weighted by Crippen LogP contribution is 2.33. The number of rotatable bonds is 2. The number of carbonyl (C=O) groups is 1. The van der Waals surface area contributed by atoms with Gasteiger partial charge in [0.15, 0.2) is 11.0 Å². The smallest absolute Gasteiger partial charge is 0.264 e. The molecule has 1 aromatic heterocycles. The lowest BCUT2D eigenvalue weighted by Crippen LogP contribution is -2.20. The van der Waals surface area contributed by atoms with Crippen molar-refractivity contribution in [1.82, 2.24) is 10.3 Å². The number of thioether (sulfide) groups is 1. The lowest BCUT2D eigenvalue weighted by atomic mass is 10.0. The van der Waals surface area contributed by atoms with Crippen LogP contribution in [0.25, 0.3) is 6.08 Å². The Labute approximate surface area is 149 Å². The molecule has 1 amide bonds. The fraction of sp³-hybridized carbons (Fsp3) is 0.105. The van der Waals surface area contributed by atoms with E-state index in [9.17, 15) is 4.79 Å². The normalized spacial score (nSPS) is 22.4. The molecule has 3 heterocycles. The Balaban J connectivity index is 1.61. The monoisotopic (exact) mass is 349 g/mol. The molecule has 1 aromatic carbocycles. The molecule has 6 heteroatoms. The van der Waals surface area contributed by atoms with Crippen LogP contribution in [0, 0.1) is 0 Å². The molecule has 1 saturated heterocycles. The van der Waals surface area contributed by atoms with Gasteiger partial charge >= 0.3 is 0 Å². The van der Waals surface area contributed by atoms with Crippen LogP contribution in [0.1, 0.15) is 12.5 Å². The van der Waals surface area contributed by atoms with Gasteiger partial charge in [0.2, 0.25) is 0 Å². The van der Waals surface area contributed by atoms with Crippen molar-refractivity contribution in [3.8, 4) is 5.75 Å². The summed E-state index contributed by atoms with van der Waals surface area (Å²) in [7, 11) is 0. The summed E-state index contributed by atoms with van der Waals surface area (Å²) in [5.74, 6) is 1.26. The van der Waals surface area contributed by atoms with Crippen molar-refractivity contribution in [2.45, 2.75) is 13.0 Å². The van der Waals surface area contributed by atoms with Gasteiger partial charge in [0, 0.05) is 11.8 Å². The molecule has 2 aliphatic rings. The van der Waals surface area contributed by atoms with Crippen molar-refractivity contribution in [2.24, 2.45) is 4.99 Å². The second-order valence-corrected chi connectivity index (χ2v) is 6.64. The number of hydrogen-bond donors (Lipinski definition) is 1. The SMILES string of the molecule is CC1Oc2ccccc2C=C1C=C1SC(=Nc2ccccn2)NC1=O. The van der Waals surface area contributed by atoms with Crippen molar-refractivity contribution in [1.29, 1.82) is 0 Å². The minimum absolute atomic E-state index is 0.118. The number of nitrogens with one attached hydrogen (secondary N) is 1. The number of hydrogen-bond acceptors (Lipinski definition) is 5. The zero-order valence-corrected chi connectivity index (χ0v) is 14.3. The van der Waals surface area contributed by atoms with Gasteiger partial charge in [0.1, 0.15) is 11.9 Å². The quantitative estimate of drug-likeness (QED) is 0.840. The number of fused-ring (bicyclic) bond motifs is 1. The molecule has 0 bridgehead atoms. The molecule has 5 nitrogen and oxygen atoms in total. The number of aliphatic imine (C=N–C) groups is 1. The van der Waals surface area contributed by atoms with E-state index in [1.54, 1.807) is 12.3 Å². The van der Waals surface area contributed by atoms with E-state index in [-0.39, 0.29) is 12.0 Å². The standard InChI is InChI=1S/C19H15N3O2S/c1-12-14(10-13-6-2-3-7-15(13)24-12)11-16-18(23)22-19(25-16)21-17-8-4-5-9-20-17/h2-12H,1H3,(H,20,21,22,23). The number of carbonyl (C=O) groups excluding carboxylic acids is 1. The van der Waals surface area contributed by atoms with Gasteiger partial charge < -0.3 is 10.1 Å². The van der Waals surface area contributed by atoms with Gasteiger partial charge in [-0.2, -0.15) is 0 Å². The zero-order chi connectivity index (χ0) is 17.2. The predicted molar refractivity (Wildman–Crippen MR) is 99.7 cm³/mol. The molecule has 124 valence electrons. The van der Waals surface area contributed by atoms with Gasteiger partial charge in [-0.3, -0.25) is 4.79 Å².